The SMILES string of the molecule is [O-]C1C=CNC2C=CC=CC12. The molecule has 2 nitrogen and oxygen atoms in total. The highest BCUT2D eigenvalue weighted by Gasteiger charge is 2.20. The average Bonchev–Trinajstić information content (AvgIpc) is 2.06. The number of allylic oxidation sites excluding steroid dienone is 2. The molecule has 3 unspecified atom stereocenters. The van der Waals surface area contributed by atoms with Gasteiger partial charge in [0.05, 0.1) is 0 Å². The average molecular weight is 148 g/mol. The maximum atomic E-state index is 11.3. The van der Waals surface area contributed by atoms with Gasteiger partial charge >= 0.3 is 0 Å². The summed E-state index contributed by atoms with van der Waals surface area (Å²) in [5.41, 5.74) is 0. The van der Waals surface area contributed by atoms with E-state index in [4.69, 9.17) is 0 Å². The van der Waals surface area contributed by atoms with E-state index in [9.17, 15) is 5.11 Å². The minimum Gasteiger partial charge on any atom is -0.848 e. The van der Waals surface area contributed by atoms with Crippen LogP contribution in [-0.4, -0.2) is 12.1 Å². The molecule has 0 aromatic heterocycles. The highest BCUT2D eigenvalue weighted by Crippen LogP contribution is 2.18. The van der Waals surface area contributed by atoms with Crippen LogP contribution in [0.5, 0.6) is 0 Å². The van der Waals surface area contributed by atoms with Crippen LogP contribution in [0.3, 0.4) is 0 Å². The summed E-state index contributed by atoms with van der Waals surface area (Å²) < 4.78 is 0. The highest BCUT2D eigenvalue weighted by atomic mass is 16.3. The van der Waals surface area contributed by atoms with Gasteiger partial charge in [0, 0.05) is 6.04 Å². The first kappa shape index (κ1) is 6.68. The Morgan fingerprint density at radius 3 is 2.73 bits per heavy atom. The molecule has 58 valence electrons. The molecule has 0 spiro atoms. The summed E-state index contributed by atoms with van der Waals surface area (Å²) >= 11 is 0. The molecule has 0 fully saturated rings. The summed E-state index contributed by atoms with van der Waals surface area (Å²) in [5, 5.41) is 14.4. The van der Waals surface area contributed by atoms with Gasteiger partial charge in [-0.1, -0.05) is 36.5 Å². The molecule has 1 heterocycles. The van der Waals surface area contributed by atoms with Crippen LogP contribution < -0.4 is 10.4 Å². The summed E-state index contributed by atoms with van der Waals surface area (Å²) in [6, 6.07) is 0.215. The maximum absolute atomic E-state index is 11.3. The number of rotatable bonds is 0. The first-order valence-electron chi connectivity index (χ1n) is 3.81. The van der Waals surface area contributed by atoms with Crippen molar-refractivity contribution in [2.45, 2.75) is 12.1 Å². The molecule has 2 aliphatic rings. The van der Waals surface area contributed by atoms with Gasteiger partial charge in [-0.25, -0.2) is 0 Å². The highest BCUT2D eigenvalue weighted by molar-refractivity contribution is 5.22. The Morgan fingerprint density at radius 1 is 1.09 bits per heavy atom. The molecule has 0 amide bonds. The zero-order valence-corrected chi connectivity index (χ0v) is 6.10. The molecule has 1 N–H and O–H groups in total. The van der Waals surface area contributed by atoms with E-state index < -0.39 is 6.10 Å². The Morgan fingerprint density at radius 2 is 1.91 bits per heavy atom. The molecule has 2 rings (SSSR count). The van der Waals surface area contributed by atoms with Gasteiger partial charge in [0.2, 0.25) is 0 Å². The van der Waals surface area contributed by atoms with Gasteiger partial charge < -0.3 is 10.4 Å². The molecule has 3 atom stereocenters. The lowest BCUT2D eigenvalue weighted by atomic mass is 9.88. The lowest BCUT2D eigenvalue weighted by molar-refractivity contribution is -0.414. The van der Waals surface area contributed by atoms with Crippen molar-refractivity contribution in [2.24, 2.45) is 5.92 Å². The van der Waals surface area contributed by atoms with E-state index >= 15 is 0 Å². The van der Waals surface area contributed by atoms with Gasteiger partial charge in [0.15, 0.2) is 0 Å². The van der Waals surface area contributed by atoms with Crippen LogP contribution in [0.25, 0.3) is 0 Å². The first-order valence-corrected chi connectivity index (χ1v) is 3.81. The summed E-state index contributed by atoms with van der Waals surface area (Å²) in [4.78, 5) is 0. The van der Waals surface area contributed by atoms with Crippen LogP contribution in [0.1, 0.15) is 0 Å². The zero-order chi connectivity index (χ0) is 7.68. The van der Waals surface area contributed by atoms with Crippen LogP contribution in [0.4, 0.5) is 0 Å². The van der Waals surface area contributed by atoms with Crippen LogP contribution in [0.15, 0.2) is 36.6 Å². The van der Waals surface area contributed by atoms with E-state index in [1.54, 1.807) is 12.3 Å². The molecular weight excluding hydrogens is 138 g/mol. The zero-order valence-electron chi connectivity index (χ0n) is 6.10. The fourth-order valence-electron chi connectivity index (χ4n) is 1.49. The van der Waals surface area contributed by atoms with Gasteiger partial charge in [-0.05, 0) is 12.1 Å². The second kappa shape index (κ2) is 2.55. The number of hydrogen-bond donors (Lipinski definition) is 1. The monoisotopic (exact) mass is 148 g/mol. The predicted molar refractivity (Wildman–Crippen MR) is 41.6 cm³/mol. The number of hydrogen-bond acceptors (Lipinski definition) is 2. The molecule has 0 radical (unpaired) electrons. The molecule has 0 aromatic carbocycles. The summed E-state index contributed by atoms with van der Waals surface area (Å²) in [6.45, 7) is 0. The van der Waals surface area contributed by atoms with Crippen molar-refractivity contribution in [3.8, 4) is 0 Å². The van der Waals surface area contributed by atoms with Gasteiger partial charge in [0.1, 0.15) is 0 Å². The summed E-state index contributed by atoms with van der Waals surface area (Å²) in [7, 11) is 0. The first-order chi connectivity index (χ1) is 5.38. The van der Waals surface area contributed by atoms with Gasteiger partial charge in [-0.15, -0.1) is 0 Å². The minimum absolute atomic E-state index is 0.102. The van der Waals surface area contributed by atoms with Gasteiger partial charge in [0.25, 0.3) is 0 Å². The van der Waals surface area contributed by atoms with Crippen molar-refractivity contribution in [1.82, 2.24) is 5.32 Å². The topological polar surface area (TPSA) is 35.1 Å². The molecule has 11 heavy (non-hydrogen) atoms. The third-order valence-electron chi connectivity index (χ3n) is 2.13. The van der Waals surface area contributed by atoms with E-state index in [1.807, 2.05) is 24.3 Å². The third-order valence-corrected chi connectivity index (χ3v) is 2.13. The molecule has 0 saturated heterocycles. The quantitative estimate of drug-likeness (QED) is 0.522. The van der Waals surface area contributed by atoms with E-state index in [-0.39, 0.29) is 12.0 Å². The Labute approximate surface area is 65.9 Å². The van der Waals surface area contributed by atoms with E-state index in [0.717, 1.165) is 0 Å². The molecule has 0 bridgehead atoms. The third kappa shape index (κ3) is 1.10. The largest absolute Gasteiger partial charge is 0.848 e. The van der Waals surface area contributed by atoms with E-state index in [2.05, 4.69) is 5.32 Å². The van der Waals surface area contributed by atoms with Crippen molar-refractivity contribution in [3.63, 3.8) is 0 Å². The molecular formula is C9H10NO-. The van der Waals surface area contributed by atoms with Gasteiger partial charge in [-0.3, -0.25) is 0 Å². The summed E-state index contributed by atoms with van der Waals surface area (Å²) in [6.07, 6.45) is 10.8. The Kier molecular flexibility index (Phi) is 1.55. The molecule has 0 aromatic rings. The smallest absolute Gasteiger partial charge is 0.0497 e. The van der Waals surface area contributed by atoms with Crippen LogP contribution in [0.2, 0.25) is 0 Å². The standard InChI is InChI=1S/C9H10NO/c11-9-5-6-10-8-4-2-1-3-7(8)9/h1-10H/q-1. The second-order valence-corrected chi connectivity index (χ2v) is 2.86. The van der Waals surface area contributed by atoms with Gasteiger partial charge in [-0.2, -0.15) is 0 Å². The van der Waals surface area contributed by atoms with Crippen molar-refractivity contribution in [1.29, 1.82) is 0 Å². The van der Waals surface area contributed by atoms with Crippen molar-refractivity contribution in [2.75, 3.05) is 0 Å². The Balaban J connectivity index is 2.23. The van der Waals surface area contributed by atoms with Crippen LogP contribution >= 0.6 is 0 Å². The van der Waals surface area contributed by atoms with E-state index in [1.165, 1.54) is 0 Å². The number of fused-ring (bicyclic) bond motifs is 1. The fourth-order valence-corrected chi connectivity index (χ4v) is 1.49. The second-order valence-electron chi connectivity index (χ2n) is 2.86. The Hall–Kier alpha value is -1.02. The normalized spacial score (nSPS) is 39.9. The lowest BCUT2D eigenvalue weighted by Crippen LogP contribution is -2.46. The van der Waals surface area contributed by atoms with Crippen LogP contribution in [0, 0.1) is 5.92 Å². The molecule has 2 heteroatoms. The summed E-state index contributed by atoms with van der Waals surface area (Å²) in [5.74, 6) is 0.102. The van der Waals surface area contributed by atoms with Crippen molar-refractivity contribution < 1.29 is 5.11 Å². The molecule has 1 aliphatic heterocycles. The maximum Gasteiger partial charge on any atom is 0.0497 e. The minimum atomic E-state index is -0.581. The predicted octanol–water partition coefficient (Wildman–Crippen LogP) is -0.0570. The van der Waals surface area contributed by atoms with Crippen molar-refractivity contribution in [3.05, 3.63) is 36.6 Å². The lowest BCUT2D eigenvalue weighted by Gasteiger charge is -2.37. The van der Waals surface area contributed by atoms with Crippen LogP contribution in [-0.2, 0) is 0 Å². The number of nitrogens with one attached hydrogen (secondary N) is 1. The Bertz CT molecular complexity index is 230. The van der Waals surface area contributed by atoms with Crippen molar-refractivity contribution >= 4 is 0 Å². The van der Waals surface area contributed by atoms with E-state index in [0.29, 0.717) is 0 Å². The molecule has 1 aliphatic carbocycles. The fraction of sp³-hybridized carbons (Fsp3) is 0.333. The molecule has 0 saturated carbocycles.